The zero-order valence-corrected chi connectivity index (χ0v) is 12.3. The quantitative estimate of drug-likeness (QED) is 0.645. The minimum absolute atomic E-state index is 0.253. The molecule has 0 radical (unpaired) electrons. The molecule has 0 spiro atoms. The van der Waals surface area contributed by atoms with E-state index in [-0.39, 0.29) is 4.21 Å². The van der Waals surface area contributed by atoms with E-state index in [9.17, 15) is 8.42 Å². The SMILES string of the molecule is CN(C)/C(=N\S(=O)(=O)c1cccs1)c1ccccc1. The standard InChI is InChI=1S/C13H14N2O2S2/c1-15(2)13(11-7-4-3-5-8-11)14-19(16,17)12-9-6-10-18-12/h3-10H,1-2H3/b14-13-. The van der Waals surface area contributed by atoms with Crippen LogP contribution in [0.1, 0.15) is 5.56 Å². The molecule has 0 N–H and O–H groups in total. The van der Waals surface area contributed by atoms with Gasteiger partial charge in [0.25, 0.3) is 10.0 Å². The van der Waals surface area contributed by atoms with Crippen molar-refractivity contribution in [2.45, 2.75) is 4.21 Å². The zero-order chi connectivity index (χ0) is 13.9. The average molecular weight is 294 g/mol. The molecule has 4 nitrogen and oxygen atoms in total. The van der Waals surface area contributed by atoms with Crippen LogP contribution in [0.2, 0.25) is 0 Å². The van der Waals surface area contributed by atoms with Crippen LogP contribution in [0.15, 0.2) is 56.5 Å². The molecule has 0 atom stereocenters. The number of benzene rings is 1. The van der Waals surface area contributed by atoms with Crippen molar-refractivity contribution in [3.8, 4) is 0 Å². The van der Waals surface area contributed by atoms with Gasteiger partial charge in [-0.25, -0.2) is 0 Å². The first-order valence-electron chi connectivity index (χ1n) is 5.62. The maximum Gasteiger partial charge on any atom is 0.293 e. The Morgan fingerprint density at radius 2 is 1.79 bits per heavy atom. The molecule has 0 unspecified atom stereocenters. The van der Waals surface area contributed by atoms with Gasteiger partial charge in [0.2, 0.25) is 0 Å². The summed E-state index contributed by atoms with van der Waals surface area (Å²) >= 11 is 1.17. The molecule has 0 aliphatic carbocycles. The lowest BCUT2D eigenvalue weighted by molar-refractivity contribution is 0.593. The van der Waals surface area contributed by atoms with Gasteiger partial charge in [0.05, 0.1) is 0 Å². The summed E-state index contributed by atoms with van der Waals surface area (Å²) in [6.07, 6.45) is 0. The monoisotopic (exact) mass is 294 g/mol. The van der Waals surface area contributed by atoms with Gasteiger partial charge < -0.3 is 4.90 Å². The number of nitrogens with zero attached hydrogens (tertiary/aromatic N) is 2. The van der Waals surface area contributed by atoms with Crippen molar-refractivity contribution in [2.24, 2.45) is 4.40 Å². The number of hydrogen-bond acceptors (Lipinski definition) is 3. The van der Waals surface area contributed by atoms with E-state index in [1.165, 1.54) is 11.3 Å². The maximum absolute atomic E-state index is 12.2. The van der Waals surface area contributed by atoms with Crippen LogP contribution in [0, 0.1) is 0 Å². The summed E-state index contributed by atoms with van der Waals surface area (Å²) in [5.41, 5.74) is 0.771. The van der Waals surface area contributed by atoms with Crippen LogP contribution in [0.25, 0.3) is 0 Å². The topological polar surface area (TPSA) is 49.7 Å². The fourth-order valence-electron chi connectivity index (χ4n) is 1.55. The molecule has 19 heavy (non-hydrogen) atoms. The molecule has 6 heteroatoms. The lowest BCUT2D eigenvalue weighted by Crippen LogP contribution is -2.24. The van der Waals surface area contributed by atoms with Gasteiger partial charge in [0.1, 0.15) is 10.0 Å². The minimum Gasteiger partial charge on any atom is -0.362 e. The fraction of sp³-hybridized carbons (Fsp3) is 0.154. The second-order valence-corrected chi connectivity index (χ2v) is 6.86. The van der Waals surface area contributed by atoms with E-state index in [0.29, 0.717) is 5.84 Å². The summed E-state index contributed by atoms with van der Waals surface area (Å²) in [6, 6.07) is 12.5. The third-order valence-corrected chi connectivity index (χ3v) is 5.05. The van der Waals surface area contributed by atoms with Crippen LogP contribution in [0.3, 0.4) is 0 Å². The van der Waals surface area contributed by atoms with Gasteiger partial charge in [-0.15, -0.1) is 15.7 Å². The van der Waals surface area contributed by atoms with Crippen LogP contribution in [-0.2, 0) is 10.0 Å². The van der Waals surface area contributed by atoms with E-state index >= 15 is 0 Å². The molecule has 1 aromatic carbocycles. The van der Waals surface area contributed by atoms with Crippen molar-refractivity contribution in [3.63, 3.8) is 0 Å². The average Bonchev–Trinajstić information content (AvgIpc) is 2.91. The Morgan fingerprint density at radius 1 is 1.11 bits per heavy atom. The molecule has 100 valence electrons. The highest BCUT2D eigenvalue weighted by molar-refractivity contribution is 7.92. The lowest BCUT2D eigenvalue weighted by Gasteiger charge is -2.15. The third kappa shape index (κ3) is 3.21. The van der Waals surface area contributed by atoms with E-state index in [4.69, 9.17) is 0 Å². The van der Waals surface area contributed by atoms with Crippen molar-refractivity contribution in [3.05, 3.63) is 53.4 Å². The van der Waals surface area contributed by atoms with Crippen molar-refractivity contribution in [1.29, 1.82) is 0 Å². The smallest absolute Gasteiger partial charge is 0.293 e. The summed E-state index contributed by atoms with van der Waals surface area (Å²) in [4.78, 5) is 1.69. The van der Waals surface area contributed by atoms with Gasteiger partial charge >= 0.3 is 0 Å². The number of hydrogen-bond donors (Lipinski definition) is 0. The first kappa shape index (κ1) is 13.8. The molecule has 1 heterocycles. The van der Waals surface area contributed by atoms with Crippen LogP contribution >= 0.6 is 11.3 Å². The highest BCUT2D eigenvalue weighted by Crippen LogP contribution is 2.19. The molecular weight excluding hydrogens is 280 g/mol. The summed E-state index contributed by atoms with van der Waals surface area (Å²) in [6.45, 7) is 0. The Hall–Kier alpha value is -1.66. The van der Waals surface area contributed by atoms with E-state index in [1.54, 1.807) is 36.5 Å². The predicted octanol–water partition coefficient (Wildman–Crippen LogP) is 2.45. The van der Waals surface area contributed by atoms with Crippen molar-refractivity contribution < 1.29 is 8.42 Å². The largest absolute Gasteiger partial charge is 0.362 e. The van der Waals surface area contributed by atoms with E-state index in [1.807, 2.05) is 30.3 Å². The molecular formula is C13H14N2O2S2. The zero-order valence-electron chi connectivity index (χ0n) is 10.6. The van der Waals surface area contributed by atoms with E-state index in [2.05, 4.69) is 4.40 Å². The summed E-state index contributed by atoms with van der Waals surface area (Å²) in [5, 5.41) is 1.72. The molecule has 2 rings (SSSR count). The van der Waals surface area contributed by atoms with Gasteiger partial charge in [-0.2, -0.15) is 8.42 Å². The molecule has 0 aliphatic rings. The molecule has 0 bridgehead atoms. The first-order chi connectivity index (χ1) is 9.00. The fourth-order valence-corrected chi connectivity index (χ4v) is 3.60. The second-order valence-electron chi connectivity index (χ2n) is 4.08. The number of thiophene rings is 1. The normalized spacial score (nSPS) is 12.4. The number of sulfonamides is 1. The molecule has 0 aliphatic heterocycles. The van der Waals surface area contributed by atoms with Gasteiger partial charge in [0, 0.05) is 19.7 Å². The molecule has 0 saturated heterocycles. The van der Waals surface area contributed by atoms with Crippen molar-refractivity contribution >= 4 is 27.2 Å². The number of rotatable bonds is 3. The second kappa shape index (κ2) is 5.54. The van der Waals surface area contributed by atoms with E-state index < -0.39 is 10.0 Å². The highest BCUT2D eigenvalue weighted by Gasteiger charge is 2.17. The van der Waals surface area contributed by atoms with Crippen LogP contribution in [-0.4, -0.2) is 33.2 Å². The van der Waals surface area contributed by atoms with E-state index in [0.717, 1.165) is 5.56 Å². The Labute approximate surface area is 117 Å². The third-order valence-electron chi connectivity index (χ3n) is 2.41. The van der Waals surface area contributed by atoms with Gasteiger partial charge in [0.15, 0.2) is 0 Å². The molecule has 1 aromatic heterocycles. The van der Waals surface area contributed by atoms with Crippen LogP contribution in [0.5, 0.6) is 0 Å². The summed E-state index contributed by atoms with van der Waals surface area (Å²) in [7, 11) is -0.0973. The Bertz CT molecular complexity index is 660. The highest BCUT2D eigenvalue weighted by atomic mass is 32.2. The van der Waals surface area contributed by atoms with Crippen LogP contribution < -0.4 is 0 Å². The minimum atomic E-state index is -3.64. The van der Waals surface area contributed by atoms with Crippen molar-refractivity contribution in [2.75, 3.05) is 14.1 Å². The van der Waals surface area contributed by atoms with Gasteiger partial charge in [-0.3, -0.25) is 0 Å². The Balaban J connectivity index is 2.49. The molecule has 0 amide bonds. The Morgan fingerprint density at radius 3 is 2.32 bits per heavy atom. The summed E-state index contributed by atoms with van der Waals surface area (Å²) in [5.74, 6) is 0.425. The molecule has 0 fully saturated rings. The summed E-state index contributed by atoms with van der Waals surface area (Å²) < 4.78 is 28.6. The first-order valence-corrected chi connectivity index (χ1v) is 7.94. The maximum atomic E-state index is 12.2. The lowest BCUT2D eigenvalue weighted by atomic mass is 10.2. The van der Waals surface area contributed by atoms with Crippen LogP contribution in [0.4, 0.5) is 0 Å². The van der Waals surface area contributed by atoms with Gasteiger partial charge in [-0.05, 0) is 11.4 Å². The van der Waals surface area contributed by atoms with Crippen molar-refractivity contribution in [1.82, 2.24) is 4.90 Å². The Kier molecular flexibility index (Phi) is 4.01. The van der Waals surface area contributed by atoms with Gasteiger partial charge in [-0.1, -0.05) is 36.4 Å². The molecule has 2 aromatic rings. The predicted molar refractivity (Wildman–Crippen MR) is 78.2 cm³/mol. The molecule has 0 saturated carbocycles. The number of amidine groups is 1.